The number of rotatable bonds is 2. The minimum atomic E-state index is -0.348. The van der Waals surface area contributed by atoms with Gasteiger partial charge in [0, 0.05) is 5.02 Å². The molecule has 86 valence electrons. The Kier molecular flexibility index (Phi) is 2.98. The molecule has 1 aliphatic rings. The summed E-state index contributed by atoms with van der Waals surface area (Å²) in [5.74, 6) is 0.160. The van der Waals surface area contributed by atoms with E-state index in [0.29, 0.717) is 10.7 Å². The van der Waals surface area contributed by atoms with E-state index in [2.05, 4.69) is 0 Å². The molecule has 0 bridgehead atoms. The van der Waals surface area contributed by atoms with E-state index in [0.717, 1.165) is 0 Å². The van der Waals surface area contributed by atoms with Gasteiger partial charge >= 0.3 is 6.03 Å². The lowest BCUT2D eigenvalue weighted by Crippen LogP contribution is -2.32. The number of nitrogens with one attached hydrogen (secondary N) is 1. The van der Waals surface area contributed by atoms with Crippen LogP contribution in [0.25, 0.3) is 0 Å². The molecule has 6 heteroatoms. The van der Waals surface area contributed by atoms with Crippen molar-refractivity contribution in [1.82, 2.24) is 4.90 Å². The Hall–Kier alpha value is -2.06. The first-order valence-corrected chi connectivity index (χ1v) is 5.30. The molecule has 2 rings (SSSR count). The molecule has 0 unspecified atom stereocenters. The van der Waals surface area contributed by atoms with Crippen LogP contribution in [0.1, 0.15) is 0 Å². The molecule has 0 aromatic heterocycles. The molecule has 0 spiro atoms. The van der Waals surface area contributed by atoms with Gasteiger partial charge in [-0.15, -0.1) is 0 Å². The number of halogens is 1. The van der Waals surface area contributed by atoms with E-state index in [-0.39, 0.29) is 25.0 Å². The van der Waals surface area contributed by atoms with Crippen molar-refractivity contribution in [3.63, 3.8) is 0 Å². The molecular formula is C11H9ClN4O. The number of hydrogen-bond donors (Lipinski definition) is 1. The second-order valence-electron chi connectivity index (χ2n) is 3.56. The quantitative estimate of drug-likeness (QED) is 0.814. The van der Waals surface area contributed by atoms with Crippen LogP contribution in [0.3, 0.4) is 0 Å². The summed E-state index contributed by atoms with van der Waals surface area (Å²) in [5.41, 5.74) is 0.588. The van der Waals surface area contributed by atoms with E-state index in [1.54, 1.807) is 24.3 Å². The SMILES string of the molecule is N#CCN1CC(=N)N(c2ccc(Cl)cc2)C1=O. The fraction of sp³-hybridized carbons (Fsp3) is 0.182. The summed E-state index contributed by atoms with van der Waals surface area (Å²) in [6.45, 7) is 0.153. The molecule has 1 fully saturated rings. The van der Waals surface area contributed by atoms with E-state index >= 15 is 0 Å². The summed E-state index contributed by atoms with van der Waals surface area (Å²) in [6, 6.07) is 8.21. The van der Waals surface area contributed by atoms with Crippen LogP contribution in [0.4, 0.5) is 10.5 Å². The highest BCUT2D eigenvalue weighted by Gasteiger charge is 2.34. The van der Waals surface area contributed by atoms with E-state index in [1.807, 2.05) is 6.07 Å². The predicted octanol–water partition coefficient (Wildman–Crippen LogP) is 2.08. The standard InChI is InChI=1S/C11H9ClN4O/c12-8-1-3-9(4-2-8)16-10(14)7-15(6-5-13)11(16)17/h1-4,14H,6-7H2. The van der Waals surface area contributed by atoms with Crippen molar-refractivity contribution in [2.24, 2.45) is 0 Å². The molecule has 1 aromatic rings. The Bertz CT molecular complexity index is 505. The van der Waals surface area contributed by atoms with Crippen LogP contribution in [0, 0.1) is 16.7 Å². The van der Waals surface area contributed by atoms with Crippen LogP contribution < -0.4 is 4.90 Å². The zero-order valence-electron chi connectivity index (χ0n) is 8.85. The number of anilines is 1. The lowest BCUT2D eigenvalue weighted by atomic mass is 10.3. The zero-order valence-corrected chi connectivity index (χ0v) is 9.61. The lowest BCUT2D eigenvalue weighted by molar-refractivity contribution is 0.225. The molecule has 1 N–H and O–H groups in total. The van der Waals surface area contributed by atoms with Gasteiger partial charge in [0.15, 0.2) is 0 Å². The number of urea groups is 1. The summed E-state index contributed by atoms with van der Waals surface area (Å²) >= 11 is 5.76. The normalized spacial score (nSPS) is 15.3. The summed E-state index contributed by atoms with van der Waals surface area (Å²) in [5, 5.41) is 16.9. The molecule has 5 nitrogen and oxygen atoms in total. The smallest absolute Gasteiger partial charge is 0.303 e. The molecule has 2 amide bonds. The summed E-state index contributed by atoms with van der Waals surface area (Å²) in [4.78, 5) is 14.5. The second kappa shape index (κ2) is 4.44. The third-order valence-electron chi connectivity index (χ3n) is 2.42. The van der Waals surface area contributed by atoms with Gasteiger partial charge in [-0.1, -0.05) is 11.6 Å². The first-order chi connectivity index (χ1) is 8.13. The molecule has 1 saturated heterocycles. The molecule has 0 saturated carbocycles. The Morgan fingerprint density at radius 1 is 1.41 bits per heavy atom. The first kappa shape index (κ1) is 11.4. The van der Waals surface area contributed by atoms with Crippen molar-refractivity contribution in [2.75, 3.05) is 18.0 Å². The number of amides is 2. The Morgan fingerprint density at radius 2 is 2.06 bits per heavy atom. The monoisotopic (exact) mass is 248 g/mol. The number of amidine groups is 1. The molecule has 1 aromatic carbocycles. The Morgan fingerprint density at radius 3 is 2.65 bits per heavy atom. The van der Waals surface area contributed by atoms with Gasteiger partial charge in [-0.3, -0.25) is 5.41 Å². The fourth-order valence-electron chi connectivity index (χ4n) is 1.64. The highest BCUT2D eigenvalue weighted by Crippen LogP contribution is 2.23. The molecule has 0 aliphatic carbocycles. The van der Waals surface area contributed by atoms with E-state index in [9.17, 15) is 4.79 Å². The minimum Gasteiger partial charge on any atom is -0.303 e. The number of carbonyl (C=O) groups excluding carboxylic acids is 1. The number of benzene rings is 1. The lowest BCUT2D eigenvalue weighted by Gasteiger charge is -2.16. The Balaban J connectivity index is 2.28. The topological polar surface area (TPSA) is 71.2 Å². The van der Waals surface area contributed by atoms with Gasteiger partial charge in [0.2, 0.25) is 0 Å². The number of nitrogens with zero attached hydrogens (tertiary/aromatic N) is 3. The van der Waals surface area contributed by atoms with E-state index in [1.165, 1.54) is 9.80 Å². The largest absolute Gasteiger partial charge is 0.331 e. The highest BCUT2D eigenvalue weighted by atomic mass is 35.5. The number of hydrogen-bond acceptors (Lipinski definition) is 3. The number of carbonyl (C=O) groups is 1. The average molecular weight is 249 g/mol. The average Bonchev–Trinajstić information content (AvgIpc) is 2.57. The van der Waals surface area contributed by atoms with Crippen molar-refractivity contribution in [3.8, 4) is 6.07 Å². The summed E-state index contributed by atoms with van der Waals surface area (Å²) in [6.07, 6.45) is 0. The van der Waals surface area contributed by atoms with Crippen LogP contribution in [0.2, 0.25) is 5.02 Å². The Labute approximate surface area is 103 Å². The van der Waals surface area contributed by atoms with Crippen LogP contribution >= 0.6 is 11.6 Å². The van der Waals surface area contributed by atoms with Crippen molar-refractivity contribution in [2.45, 2.75) is 0 Å². The highest BCUT2D eigenvalue weighted by molar-refractivity contribution is 6.30. The molecule has 1 aliphatic heterocycles. The molecular weight excluding hydrogens is 240 g/mol. The van der Waals surface area contributed by atoms with Gasteiger partial charge in [0.1, 0.15) is 12.4 Å². The third-order valence-corrected chi connectivity index (χ3v) is 2.67. The van der Waals surface area contributed by atoms with Crippen LogP contribution in [0.15, 0.2) is 24.3 Å². The van der Waals surface area contributed by atoms with Crippen molar-refractivity contribution < 1.29 is 4.79 Å². The van der Waals surface area contributed by atoms with Gasteiger partial charge < -0.3 is 4.90 Å². The fourth-order valence-corrected chi connectivity index (χ4v) is 1.77. The van der Waals surface area contributed by atoms with E-state index in [4.69, 9.17) is 22.3 Å². The minimum absolute atomic E-state index is 0.00863. The maximum Gasteiger partial charge on any atom is 0.331 e. The molecule has 0 radical (unpaired) electrons. The van der Waals surface area contributed by atoms with E-state index < -0.39 is 0 Å². The maximum absolute atomic E-state index is 11.9. The second-order valence-corrected chi connectivity index (χ2v) is 3.99. The van der Waals surface area contributed by atoms with Crippen molar-refractivity contribution in [1.29, 1.82) is 10.7 Å². The van der Waals surface area contributed by atoms with Crippen LogP contribution in [-0.2, 0) is 0 Å². The molecule has 17 heavy (non-hydrogen) atoms. The van der Waals surface area contributed by atoms with Gasteiger partial charge in [-0.25, -0.2) is 9.69 Å². The first-order valence-electron chi connectivity index (χ1n) is 4.92. The zero-order chi connectivity index (χ0) is 12.4. The third kappa shape index (κ3) is 2.08. The predicted molar refractivity (Wildman–Crippen MR) is 64.2 cm³/mol. The maximum atomic E-state index is 11.9. The number of nitriles is 1. The van der Waals surface area contributed by atoms with Gasteiger partial charge in [-0.2, -0.15) is 5.26 Å². The van der Waals surface area contributed by atoms with Gasteiger partial charge in [0.25, 0.3) is 0 Å². The van der Waals surface area contributed by atoms with Crippen LogP contribution in [-0.4, -0.2) is 29.9 Å². The van der Waals surface area contributed by atoms with Gasteiger partial charge in [0.05, 0.1) is 18.3 Å². The molecule has 1 heterocycles. The summed E-state index contributed by atoms with van der Waals surface area (Å²) in [7, 11) is 0. The molecule has 0 atom stereocenters. The van der Waals surface area contributed by atoms with Crippen molar-refractivity contribution in [3.05, 3.63) is 29.3 Å². The van der Waals surface area contributed by atoms with Crippen LogP contribution in [0.5, 0.6) is 0 Å². The summed E-state index contributed by atoms with van der Waals surface area (Å²) < 4.78 is 0. The van der Waals surface area contributed by atoms with Gasteiger partial charge in [-0.05, 0) is 24.3 Å². The van der Waals surface area contributed by atoms with Crippen molar-refractivity contribution >= 4 is 29.2 Å².